The number of aromatic nitrogens is 1. The maximum atomic E-state index is 14.6. The summed E-state index contributed by atoms with van der Waals surface area (Å²) in [5, 5.41) is 10.1. The Morgan fingerprint density at radius 2 is 0.949 bits per heavy atom. The molecule has 14 heteroatoms. The summed E-state index contributed by atoms with van der Waals surface area (Å²) in [5.74, 6) is -3.81. The van der Waals surface area contributed by atoms with E-state index in [0.717, 1.165) is 16.5 Å². The minimum atomic E-state index is -0.978. The van der Waals surface area contributed by atoms with Gasteiger partial charge in [0.1, 0.15) is 30.2 Å². The average Bonchev–Trinajstić information content (AvgIpc) is 3.55. The third kappa shape index (κ3) is 12.3. The van der Waals surface area contributed by atoms with E-state index in [9.17, 15) is 28.8 Å². The van der Waals surface area contributed by atoms with Gasteiger partial charge in [0.2, 0.25) is 35.4 Å². The van der Waals surface area contributed by atoms with Gasteiger partial charge in [-0.2, -0.15) is 0 Å². The average molecular weight is 825 g/mol. The molecule has 6 amide bonds. The van der Waals surface area contributed by atoms with Crippen LogP contribution in [0.15, 0.2) is 30.5 Å². The van der Waals surface area contributed by atoms with Crippen molar-refractivity contribution in [2.45, 2.75) is 126 Å². The number of carbonyl (C=O) groups is 6. The molecule has 2 rings (SSSR count). The Hall–Kier alpha value is -4.46. The minimum absolute atomic E-state index is 0.0166. The van der Waals surface area contributed by atoms with Gasteiger partial charge in [0, 0.05) is 51.8 Å². The molecule has 332 valence electrons. The van der Waals surface area contributed by atoms with Gasteiger partial charge >= 0.3 is 0 Å². The van der Waals surface area contributed by atoms with Gasteiger partial charge in [-0.15, -0.1) is 0 Å². The zero-order valence-corrected chi connectivity index (χ0v) is 39.0. The normalized spacial score (nSPS) is 15.0. The third-order valence-corrected chi connectivity index (χ3v) is 11.5. The molecule has 1 aromatic carbocycles. The zero-order valence-electron chi connectivity index (χ0n) is 39.0. The van der Waals surface area contributed by atoms with Crippen LogP contribution in [0.5, 0.6) is 0 Å². The summed E-state index contributed by atoms with van der Waals surface area (Å²) >= 11 is 0. The van der Waals surface area contributed by atoms with Gasteiger partial charge in [-0.1, -0.05) is 101 Å². The molecule has 2 aromatic rings. The maximum absolute atomic E-state index is 14.6. The van der Waals surface area contributed by atoms with E-state index >= 15 is 0 Å². The monoisotopic (exact) mass is 825 g/mol. The summed E-state index contributed by atoms with van der Waals surface area (Å²) in [6, 6.07) is 2.92. The van der Waals surface area contributed by atoms with E-state index in [2.05, 4.69) is 20.9 Å². The highest BCUT2D eigenvalue weighted by atomic mass is 16.2. The molecule has 0 fully saturated rings. The molecule has 0 aliphatic heterocycles. The van der Waals surface area contributed by atoms with Crippen LogP contribution in [0.25, 0.3) is 10.9 Å². The fourth-order valence-corrected chi connectivity index (χ4v) is 8.30. The van der Waals surface area contributed by atoms with Gasteiger partial charge in [-0.25, -0.2) is 0 Å². The van der Waals surface area contributed by atoms with Crippen molar-refractivity contribution < 1.29 is 28.8 Å². The van der Waals surface area contributed by atoms with Crippen molar-refractivity contribution in [2.24, 2.45) is 35.5 Å². The SMILES string of the molecule is CN[C@H](C(=O)N[C@H](C(=O)N(C)[C@H](C(=O)N(C)[C@H](C(=O)N(C)[C@H](C(=O)N(C)[C@H](C(=O)NCCc1c[nH]c2ccccc12)C(C)C)C(C)C)C(C)C)C(C)C)C(C)C)C(C)C. The predicted molar refractivity (Wildman–Crippen MR) is 235 cm³/mol. The molecule has 0 radical (unpaired) electrons. The number of benzene rings is 1. The first-order valence-electron chi connectivity index (χ1n) is 21.3. The van der Waals surface area contributed by atoms with Crippen LogP contribution in [0.2, 0.25) is 0 Å². The van der Waals surface area contributed by atoms with Crippen LogP contribution >= 0.6 is 0 Å². The van der Waals surface area contributed by atoms with Gasteiger partial charge in [-0.05, 0) is 60.6 Å². The summed E-state index contributed by atoms with van der Waals surface area (Å²) in [4.78, 5) is 93.5. The lowest BCUT2D eigenvalue weighted by molar-refractivity contribution is -0.157. The van der Waals surface area contributed by atoms with E-state index < -0.39 is 54.0 Å². The van der Waals surface area contributed by atoms with Crippen molar-refractivity contribution in [1.29, 1.82) is 0 Å². The largest absolute Gasteiger partial charge is 0.361 e. The molecule has 1 heterocycles. The predicted octanol–water partition coefficient (Wildman–Crippen LogP) is 4.14. The van der Waals surface area contributed by atoms with Crippen LogP contribution in [0, 0.1) is 35.5 Å². The van der Waals surface area contributed by atoms with E-state index in [0.29, 0.717) is 13.0 Å². The first kappa shape index (κ1) is 50.7. The van der Waals surface area contributed by atoms with Crippen LogP contribution in [-0.4, -0.2) is 138 Å². The topological polar surface area (TPSA) is 167 Å². The Balaban J connectivity index is 2.33. The van der Waals surface area contributed by atoms with Gasteiger partial charge in [-0.3, -0.25) is 28.8 Å². The number of nitrogens with zero attached hydrogens (tertiary/aromatic N) is 4. The van der Waals surface area contributed by atoms with Crippen molar-refractivity contribution >= 4 is 46.3 Å². The molecule has 0 saturated carbocycles. The number of para-hydroxylation sites is 1. The Morgan fingerprint density at radius 3 is 1.36 bits per heavy atom. The first-order valence-corrected chi connectivity index (χ1v) is 21.3. The van der Waals surface area contributed by atoms with Crippen LogP contribution in [0.4, 0.5) is 0 Å². The molecule has 0 unspecified atom stereocenters. The molecule has 0 aliphatic carbocycles. The molecule has 1 aromatic heterocycles. The summed E-state index contributed by atoms with van der Waals surface area (Å²) < 4.78 is 0. The Labute approximate surface area is 353 Å². The molecule has 4 N–H and O–H groups in total. The Kier molecular flexibility index (Phi) is 19.1. The lowest BCUT2D eigenvalue weighted by atomic mass is 9.93. The number of carbonyl (C=O) groups excluding carboxylic acids is 6. The molecule has 14 nitrogen and oxygen atoms in total. The summed E-state index contributed by atoms with van der Waals surface area (Å²) in [6.07, 6.45) is 2.56. The Bertz CT molecular complexity index is 1740. The second kappa shape index (κ2) is 22.2. The third-order valence-electron chi connectivity index (χ3n) is 11.5. The van der Waals surface area contributed by atoms with Gasteiger partial charge < -0.3 is 40.5 Å². The quantitative estimate of drug-likeness (QED) is 0.147. The van der Waals surface area contributed by atoms with E-state index in [-0.39, 0.29) is 53.2 Å². The smallest absolute Gasteiger partial charge is 0.246 e. The molecular weight excluding hydrogens is 749 g/mol. The highest BCUT2D eigenvalue weighted by Gasteiger charge is 2.44. The highest BCUT2D eigenvalue weighted by Crippen LogP contribution is 2.24. The minimum Gasteiger partial charge on any atom is -0.361 e. The van der Waals surface area contributed by atoms with Crippen molar-refractivity contribution in [1.82, 2.24) is 40.5 Å². The Morgan fingerprint density at radius 1 is 0.542 bits per heavy atom. The van der Waals surface area contributed by atoms with Crippen LogP contribution in [-0.2, 0) is 35.2 Å². The summed E-state index contributed by atoms with van der Waals surface area (Å²) in [6.45, 7) is 22.7. The number of hydrogen-bond donors (Lipinski definition) is 4. The fourth-order valence-electron chi connectivity index (χ4n) is 8.30. The second-order valence-corrected chi connectivity index (χ2v) is 18.2. The summed E-state index contributed by atoms with van der Waals surface area (Å²) in [7, 11) is 7.98. The number of amides is 6. The standard InChI is InChI=1S/C45H76N8O6/c1-25(2)34(46-13)40(54)49-35(26(3)4)42(56)51(15)37(28(7)8)44(58)53(17)39(30(11)12)45(59)52(16)38(29(9)10)43(57)50(14)36(27(5)6)41(55)47-23-22-31-24-48-33-21-19-18-20-32(31)33/h18-21,24-30,34-39,46,48H,22-23H2,1-17H3,(H,47,55)(H,49,54)/t34-,35-,36-,37-,38-,39-/m0/s1. The molecule has 0 bridgehead atoms. The highest BCUT2D eigenvalue weighted by molar-refractivity contribution is 5.97. The molecule has 0 spiro atoms. The van der Waals surface area contributed by atoms with Crippen molar-refractivity contribution in [3.8, 4) is 0 Å². The number of rotatable bonds is 21. The van der Waals surface area contributed by atoms with Crippen molar-refractivity contribution in [3.63, 3.8) is 0 Å². The van der Waals surface area contributed by atoms with E-state index in [1.807, 2.05) is 114 Å². The maximum Gasteiger partial charge on any atom is 0.246 e. The fraction of sp³-hybridized carbons (Fsp3) is 0.689. The number of hydrogen-bond acceptors (Lipinski definition) is 7. The summed E-state index contributed by atoms with van der Waals surface area (Å²) in [5.41, 5.74) is 2.11. The molecule has 6 atom stereocenters. The van der Waals surface area contributed by atoms with Gasteiger partial charge in [0.05, 0.1) is 6.04 Å². The number of likely N-dealkylation sites (N-methyl/N-ethyl adjacent to an activating group) is 5. The van der Waals surface area contributed by atoms with Crippen molar-refractivity contribution in [2.75, 3.05) is 41.8 Å². The lowest BCUT2D eigenvalue weighted by Gasteiger charge is -2.42. The number of aromatic amines is 1. The number of nitrogens with one attached hydrogen (secondary N) is 4. The van der Waals surface area contributed by atoms with Gasteiger partial charge in [0.25, 0.3) is 0 Å². The van der Waals surface area contributed by atoms with Crippen LogP contribution in [0.1, 0.15) is 88.6 Å². The molecule has 59 heavy (non-hydrogen) atoms. The first-order chi connectivity index (χ1) is 27.4. The van der Waals surface area contributed by atoms with E-state index in [4.69, 9.17) is 0 Å². The zero-order chi connectivity index (χ0) is 45.2. The number of fused-ring (bicyclic) bond motifs is 1. The van der Waals surface area contributed by atoms with Crippen molar-refractivity contribution in [3.05, 3.63) is 36.0 Å². The lowest BCUT2D eigenvalue weighted by Crippen LogP contribution is -2.63. The van der Waals surface area contributed by atoms with E-state index in [1.54, 1.807) is 35.2 Å². The number of H-pyrrole nitrogens is 1. The van der Waals surface area contributed by atoms with Crippen LogP contribution < -0.4 is 16.0 Å². The van der Waals surface area contributed by atoms with Crippen LogP contribution in [0.3, 0.4) is 0 Å². The second-order valence-electron chi connectivity index (χ2n) is 18.2. The molecule has 0 saturated heterocycles. The molecular formula is C45H76N8O6. The van der Waals surface area contributed by atoms with E-state index in [1.165, 1.54) is 19.6 Å². The van der Waals surface area contributed by atoms with Gasteiger partial charge in [0.15, 0.2) is 0 Å². The molecule has 0 aliphatic rings.